The first-order valence-corrected chi connectivity index (χ1v) is 13.4. The predicted octanol–water partition coefficient (Wildman–Crippen LogP) is 3.02. The lowest BCUT2D eigenvalue weighted by Crippen LogP contribution is -2.78. The zero-order valence-corrected chi connectivity index (χ0v) is 24.3. The molecular formula is C30H35NO10. The number of carbonyl (C=O) groups excluding carboxylic acids is 2. The topological polar surface area (TPSA) is 111 Å². The third-order valence-electron chi connectivity index (χ3n) is 9.67. The van der Waals surface area contributed by atoms with Crippen LogP contribution >= 0.6 is 0 Å². The molecule has 2 aromatic rings. The lowest BCUT2D eigenvalue weighted by Gasteiger charge is -2.61. The van der Waals surface area contributed by atoms with Gasteiger partial charge in [-0.1, -0.05) is 6.07 Å². The van der Waals surface area contributed by atoms with Crippen molar-refractivity contribution in [2.24, 2.45) is 0 Å². The van der Waals surface area contributed by atoms with Crippen molar-refractivity contribution < 1.29 is 47.5 Å². The van der Waals surface area contributed by atoms with Crippen LogP contribution in [0.4, 0.5) is 0 Å². The van der Waals surface area contributed by atoms with Gasteiger partial charge in [0.1, 0.15) is 11.6 Å². The van der Waals surface area contributed by atoms with Crippen LogP contribution in [0.5, 0.6) is 23.0 Å². The second-order valence-corrected chi connectivity index (χ2v) is 10.9. The molecule has 11 heteroatoms. The van der Waals surface area contributed by atoms with Crippen LogP contribution < -0.4 is 18.9 Å². The SMILES string of the molecule is COc1ccc(C(=O)O[C@H]2C[C@]34CC(=O)N(C)[C@@]35C[C@@H](O[C@@]5(OC)[C@H]2OC)c2ccc(OC)c(OC)c24)cc1OC. The van der Waals surface area contributed by atoms with Crippen LogP contribution in [0.3, 0.4) is 0 Å². The lowest BCUT2D eigenvalue weighted by molar-refractivity contribution is -0.338. The highest BCUT2D eigenvalue weighted by atomic mass is 16.7. The van der Waals surface area contributed by atoms with Crippen molar-refractivity contribution in [1.82, 2.24) is 4.90 Å². The number of methoxy groups -OCH3 is 6. The minimum Gasteiger partial charge on any atom is -0.493 e. The van der Waals surface area contributed by atoms with E-state index in [1.54, 1.807) is 51.5 Å². The van der Waals surface area contributed by atoms with Crippen molar-refractivity contribution in [2.75, 3.05) is 49.7 Å². The van der Waals surface area contributed by atoms with Crippen molar-refractivity contribution in [3.8, 4) is 23.0 Å². The van der Waals surface area contributed by atoms with E-state index in [9.17, 15) is 9.59 Å². The van der Waals surface area contributed by atoms with Gasteiger partial charge in [0.15, 0.2) is 29.1 Å². The average Bonchev–Trinajstić information content (AvgIpc) is 3.45. The average molecular weight is 570 g/mol. The third-order valence-corrected chi connectivity index (χ3v) is 9.67. The number of benzene rings is 2. The van der Waals surface area contributed by atoms with Crippen LogP contribution in [-0.2, 0) is 29.2 Å². The molecule has 1 saturated carbocycles. The first-order chi connectivity index (χ1) is 19.7. The highest BCUT2D eigenvalue weighted by Crippen LogP contribution is 2.73. The molecule has 2 aromatic carbocycles. The van der Waals surface area contributed by atoms with E-state index in [-0.39, 0.29) is 24.3 Å². The van der Waals surface area contributed by atoms with Crippen LogP contribution in [0.25, 0.3) is 0 Å². The molecule has 2 heterocycles. The number of amides is 1. The van der Waals surface area contributed by atoms with Gasteiger partial charge in [0.05, 0.1) is 40.1 Å². The molecule has 4 aliphatic rings. The largest absolute Gasteiger partial charge is 0.493 e. The zero-order valence-electron chi connectivity index (χ0n) is 24.3. The quantitative estimate of drug-likeness (QED) is 0.440. The Labute approximate surface area is 238 Å². The standard InChI is InChI=1S/C30H35NO10/c1-31-23(32)15-28-13-22(40-27(33)16-8-10-18(34-2)20(12-16)36-4)26(38-6)30(39-7)29(28,31)14-21(41-30)17-9-11-19(35-3)25(37-5)24(17)28/h8-12,21-22,26H,13-15H2,1-7H3/t21-,22+,26+,28-,29+,30+/m1/s1. The Kier molecular flexibility index (Phi) is 6.40. The van der Waals surface area contributed by atoms with E-state index >= 15 is 0 Å². The summed E-state index contributed by atoms with van der Waals surface area (Å²) in [5, 5.41) is 0. The number of nitrogens with zero attached hydrogens (tertiary/aromatic N) is 1. The number of hydrogen-bond acceptors (Lipinski definition) is 10. The maximum Gasteiger partial charge on any atom is 0.338 e. The number of rotatable bonds is 8. The fourth-order valence-corrected chi connectivity index (χ4v) is 8.14. The molecule has 0 N–H and O–H groups in total. The second kappa shape index (κ2) is 9.50. The Morgan fingerprint density at radius 2 is 1.63 bits per heavy atom. The maximum atomic E-state index is 13.7. The van der Waals surface area contributed by atoms with Gasteiger partial charge in [0, 0.05) is 45.1 Å². The molecule has 2 bridgehead atoms. The van der Waals surface area contributed by atoms with E-state index in [1.165, 1.54) is 21.3 Å². The molecule has 2 saturated heterocycles. The molecule has 6 atom stereocenters. The Hall–Kier alpha value is -3.54. The number of likely N-dealkylation sites (tertiary alicyclic amines) is 1. The Balaban J connectivity index is 1.54. The van der Waals surface area contributed by atoms with Gasteiger partial charge in [-0.2, -0.15) is 0 Å². The number of likely N-dealkylation sites (N-methyl/N-ethyl adjacent to an activating group) is 1. The minimum absolute atomic E-state index is 0.0740. The fourth-order valence-electron chi connectivity index (χ4n) is 8.14. The van der Waals surface area contributed by atoms with Gasteiger partial charge in [0.25, 0.3) is 0 Å². The molecule has 0 radical (unpaired) electrons. The first kappa shape index (κ1) is 27.6. The van der Waals surface area contributed by atoms with E-state index < -0.39 is 41.0 Å². The van der Waals surface area contributed by atoms with Crippen molar-refractivity contribution in [1.29, 1.82) is 0 Å². The molecule has 0 aromatic heterocycles. The Morgan fingerprint density at radius 3 is 2.27 bits per heavy atom. The molecule has 3 fully saturated rings. The van der Waals surface area contributed by atoms with Crippen molar-refractivity contribution >= 4 is 11.9 Å². The zero-order chi connectivity index (χ0) is 29.3. The minimum atomic E-state index is -1.45. The second-order valence-electron chi connectivity index (χ2n) is 10.9. The Morgan fingerprint density at radius 1 is 0.927 bits per heavy atom. The molecule has 2 aliphatic carbocycles. The molecule has 41 heavy (non-hydrogen) atoms. The fraction of sp³-hybridized carbons (Fsp3) is 0.533. The van der Waals surface area contributed by atoms with E-state index in [2.05, 4.69) is 0 Å². The van der Waals surface area contributed by atoms with Crippen LogP contribution in [0, 0.1) is 0 Å². The van der Waals surface area contributed by atoms with Crippen molar-refractivity contribution in [3.63, 3.8) is 0 Å². The van der Waals surface area contributed by atoms with Gasteiger partial charge in [-0.05, 0) is 36.2 Å². The van der Waals surface area contributed by atoms with Gasteiger partial charge < -0.3 is 42.8 Å². The van der Waals surface area contributed by atoms with E-state index in [1.807, 2.05) is 12.1 Å². The number of fused-ring (bicyclic) bond motifs is 3. The molecule has 0 unspecified atom stereocenters. The smallest absolute Gasteiger partial charge is 0.338 e. The van der Waals surface area contributed by atoms with Gasteiger partial charge in [-0.25, -0.2) is 4.79 Å². The Bertz CT molecular complexity index is 1410. The molecule has 6 rings (SSSR count). The summed E-state index contributed by atoms with van der Waals surface area (Å²) < 4.78 is 47.8. The van der Waals surface area contributed by atoms with E-state index in [4.69, 9.17) is 37.9 Å². The summed E-state index contributed by atoms with van der Waals surface area (Å²) in [5.41, 5.74) is 0.107. The molecule has 2 aliphatic heterocycles. The van der Waals surface area contributed by atoms with Crippen LogP contribution in [0.2, 0.25) is 0 Å². The summed E-state index contributed by atoms with van der Waals surface area (Å²) in [4.78, 5) is 29.1. The van der Waals surface area contributed by atoms with Gasteiger partial charge in [-0.15, -0.1) is 0 Å². The van der Waals surface area contributed by atoms with Crippen molar-refractivity contribution in [3.05, 3.63) is 47.0 Å². The molecular weight excluding hydrogens is 534 g/mol. The first-order valence-electron chi connectivity index (χ1n) is 13.4. The van der Waals surface area contributed by atoms with Crippen LogP contribution in [-0.4, -0.2) is 90.0 Å². The van der Waals surface area contributed by atoms with Gasteiger partial charge in [-0.3, -0.25) is 4.79 Å². The molecule has 220 valence electrons. The number of esters is 1. The van der Waals surface area contributed by atoms with Gasteiger partial charge in [0.2, 0.25) is 11.7 Å². The van der Waals surface area contributed by atoms with Crippen LogP contribution in [0.15, 0.2) is 30.3 Å². The predicted molar refractivity (Wildman–Crippen MR) is 144 cm³/mol. The summed E-state index contributed by atoms with van der Waals surface area (Å²) in [6, 6.07) is 8.61. The summed E-state index contributed by atoms with van der Waals surface area (Å²) in [7, 11) is 11.0. The normalized spacial score (nSPS) is 32.7. The summed E-state index contributed by atoms with van der Waals surface area (Å²) >= 11 is 0. The monoisotopic (exact) mass is 569 g/mol. The third kappa shape index (κ3) is 3.25. The molecule has 1 spiro atoms. The molecule has 1 amide bonds. The van der Waals surface area contributed by atoms with Crippen molar-refractivity contribution in [2.45, 2.75) is 54.3 Å². The summed E-state index contributed by atoms with van der Waals surface area (Å²) in [5.74, 6) is -0.170. The highest BCUT2D eigenvalue weighted by Gasteiger charge is 2.85. The van der Waals surface area contributed by atoms with E-state index in [0.29, 0.717) is 29.4 Å². The van der Waals surface area contributed by atoms with Crippen LogP contribution in [0.1, 0.15) is 46.9 Å². The number of ether oxygens (including phenoxy) is 8. The highest BCUT2D eigenvalue weighted by molar-refractivity contribution is 5.91. The lowest BCUT2D eigenvalue weighted by atomic mass is 9.50. The number of hydrogen-bond donors (Lipinski definition) is 0. The summed E-state index contributed by atoms with van der Waals surface area (Å²) in [6.45, 7) is 0. The number of carbonyl (C=O) groups is 2. The van der Waals surface area contributed by atoms with E-state index in [0.717, 1.165) is 11.1 Å². The van der Waals surface area contributed by atoms with Gasteiger partial charge >= 0.3 is 5.97 Å². The summed E-state index contributed by atoms with van der Waals surface area (Å²) in [6.07, 6.45) is -1.25. The maximum absolute atomic E-state index is 13.7. The molecule has 11 nitrogen and oxygen atoms in total.